The van der Waals surface area contributed by atoms with Gasteiger partial charge in [0.1, 0.15) is 5.76 Å². The van der Waals surface area contributed by atoms with Crippen LogP contribution in [0.3, 0.4) is 0 Å². The molecule has 0 radical (unpaired) electrons. The minimum Gasteiger partial charge on any atom is -0.461 e. The van der Waals surface area contributed by atoms with E-state index in [9.17, 15) is 4.79 Å². The Hall–Kier alpha value is -1.42. The lowest BCUT2D eigenvalue weighted by Crippen LogP contribution is -1.91. The van der Waals surface area contributed by atoms with E-state index in [0.717, 1.165) is 11.8 Å². The summed E-state index contributed by atoms with van der Waals surface area (Å²) >= 11 is 1.16. The molecule has 0 amide bonds. The van der Waals surface area contributed by atoms with E-state index in [-0.39, 0.29) is 5.12 Å². The molecule has 0 N–H and O–H groups in total. The molecule has 0 aliphatic carbocycles. The van der Waals surface area contributed by atoms with E-state index in [1.807, 2.05) is 6.92 Å². The summed E-state index contributed by atoms with van der Waals surface area (Å²) in [7, 11) is 0. The second-order valence-corrected chi connectivity index (χ2v) is 3.85. The van der Waals surface area contributed by atoms with Crippen molar-refractivity contribution < 1.29 is 13.6 Å². The summed E-state index contributed by atoms with van der Waals surface area (Å²) in [6.07, 6.45) is 3.30. The van der Waals surface area contributed by atoms with Crippen LogP contribution in [0.25, 0.3) is 11.5 Å². The van der Waals surface area contributed by atoms with Crippen molar-refractivity contribution in [3.8, 4) is 11.5 Å². The second kappa shape index (κ2) is 3.98. The fraction of sp³-hybridized carbons (Fsp3) is 0.182. The van der Waals surface area contributed by atoms with Gasteiger partial charge in [0.25, 0.3) is 0 Å². The van der Waals surface area contributed by atoms with Crippen molar-refractivity contribution in [1.82, 2.24) is 0 Å². The largest absolute Gasteiger partial charge is 0.461 e. The van der Waals surface area contributed by atoms with Gasteiger partial charge in [-0.05, 0) is 31.4 Å². The van der Waals surface area contributed by atoms with Gasteiger partial charge >= 0.3 is 0 Å². The number of furan rings is 2. The quantitative estimate of drug-likeness (QED) is 0.781. The van der Waals surface area contributed by atoms with Gasteiger partial charge in [-0.3, -0.25) is 4.79 Å². The molecule has 0 bridgehead atoms. The van der Waals surface area contributed by atoms with Crippen molar-refractivity contribution in [3.63, 3.8) is 0 Å². The van der Waals surface area contributed by atoms with Crippen LogP contribution < -0.4 is 0 Å². The summed E-state index contributed by atoms with van der Waals surface area (Å²) in [6.45, 7) is 1.81. The molecule has 0 spiro atoms. The molecule has 2 aromatic heterocycles. The van der Waals surface area contributed by atoms with E-state index >= 15 is 0 Å². The first-order valence-electron chi connectivity index (χ1n) is 4.45. The van der Waals surface area contributed by atoms with Crippen molar-refractivity contribution in [1.29, 1.82) is 0 Å². The lowest BCUT2D eigenvalue weighted by molar-refractivity contribution is 0.108. The normalized spacial score (nSPS) is 10.5. The topological polar surface area (TPSA) is 43.4 Å². The number of rotatable bonds is 2. The van der Waals surface area contributed by atoms with Crippen LogP contribution in [0.2, 0.25) is 0 Å². The van der Waals surface area contributed by atoms with Gasteiger partial charge in [0.15, 0.2) is 11.5 Å². The fourth-order valence-electron chi connectivity index (χ4n) is 1.37. The summed E-state index contributed by atoms with van der Waals surface area (Å²) in [5, 5.41) is -0.0155. The van der Waals surface area contributed by atoms with Crippen LogP contribution >= 0.6 is 11.8 Å². The molecule has 2 rings (SSSR count). The zero-order valence-corrected chi connectivity index (χ0v) is 9.26. The molecule has 0 aromatic carbocycles. The van der Waals surface area contributed by atoms with Crippen LogP contribution in [0, 0.1) is 6.92 Å². The molecule has 0 saturated carbocycles. The van der Waals surface area contributed by atoms with Gasteiger partial charge in [0, 0.05) is 0 Å². The SMILES string of the molecule is CSC(=O)c1cc(C)oc1-c1ccco1. The maximum absolute atomic E-state index is 11.6. The number of aryl methyl sites for hydroxylation is 1. The average molecular weight is 222 g/mol. The number of thioether (sulfide) groups is 1. The lowest BCUT2D eigenvalue weighted by atomic mass is 10.2. The Morgan fingerprint density at radius 1 is 1.47 bits per heavy atom. The molecule has 2 heterocycles. The fourth-order valence-corrected chi connectivity index (χ4v) is 1.74. The molecule has 2 aromatic rings. The van der Waals surface area contributed by atoms with Gasteiger partial charge < -0.3 is 8.83 Å². The van der Waals surface area contributed by atoms with Crippen molar-refractivity contribution in [3.05, 3.63) is 35.8 Å². The number of carbonyl (C=O) groups is 1. The molecule has 78 valence electrons. The third-order valence-electron chi connectivity index (χ3n) is 2.01. The summed E-state index contributed by atoms with van der Waals surface area (Å²) in [5.74, 6) is 1.80. The summed E-state index contributed by atoms with van der Waals surface area (Å²) < 4.78 is 10.7. The number of hydrogen-bond donors (Lipinski definition) is 0. The zero-order valence-electron chi connectivity index (χ0n) is 8.44. The minimum atomic E-state index is -0.0155. The van der Waals surface area contributed by atoms with E-state index in [4.69, 9.17) is 8.83 Å². The van der Waals surface area contributed by atoms with E-state index in [1.54, 1.807) is 30.7 Å². The third-order valence-corrected chi connectivity index (χ3v) is 2.60. The monoisotopic (exact) mass is 222 g/mol. The van der Waals surface area contributed by atoms with Crippen LogP contribution in [-0.4, -0.2) is 11.4 Å². The first kappa shape index (κ1) is 10.1. The molecular weight excluding hydrogens is 212 g/mol. The summed E-state index contributed by atoms with van der Waals surface area (Å²) in [6, 6.07) is 5.27. The van der Waals surface area contributed by atoms with Crippen molar-refractivity contribution >= 4 is 16.9 Å². The highest BCUT2D eigenvalue weighted by Gasteiger charge is 2.18. The maximum atomic E-state index is 11.6. The Kier molecular flexibility index (Phi) is 2.68. The molecule has 0 unspecified atom stereocenters. The highest BCUT2D eigenvalue weighted by Crippen LogP contribution is 2.29. The van der Waals surface area contributed by atoms with Crippen molar-refractivity contribution in [2.45, 2.75) is 6.92 Å². The van der Waals surface area contributed by atoms with Gasteiger partial charge in [-0.2, -0.15) is 0 Å². The van der Waals surface area contributed by atoms with Crippen LogP contribution in [0.1, 0.15) is 16.1 Å². The maximum Gasteiger partial charge on any atom is 0.223 e. The van der Waals surface area contributed by atoms with E-state index < -0.39 is 0 Å². The Bertz CT molecular complexity index is 468. The number of hydrogen-bond acceptors (Lipinski definition) is 4. The molecular formula is C11H10O3S. The van der Waals surface area contributed by atoms with Gasteiger partial charge in [-0.25, -0.2) is 0 Å². The zero-order chi connectivity index (χ0) is 10.8. The standard InChI is InChI=1S/C11H10O3S/c1-7-6-8(11(12)15-2)10(14-7)9-4-3-5-13-9/h3-6H,1-2H3. The Morgan fingerprint density at radius 3 is 2.87 bits per heavy atom. The van der Waals surface area contributed by atoms with Crippen molar-refractivity contribution in [2.24, 2.45) is 0 Å². The third kappa shape index (κ3) is 1.85. The minimum absolute atomic E-state index is 0.0155. The van der Waals surface area contributed by atoms with Gasteiger partial charge in [0.05, 0.1) is 11.8 Å². The van der Waals surface area contributed by atoms with Gasteiger partial charge in [0.2, 0.25) is 5.12 Å². The highest BCUT2D eigenvalue weighted by atomic mass is 32.2. The predicted molar refractivity (Wildman–Crippen MR) is 59.0 cm³/mol. The van der Waals surface area contributed by atoms with E-state index in [2.05, 4.69) is 0 Å². The molecule has 15 heavy (non-hydrogen) atoms. The van der Waals surface area contributed by atoms with E-state index in [0.29, 0.717) is 22.8 Å². The molecule has 0 aliphatic heterocycles. The molecule has 3 nitrogen and oxygen atoms in total. The van der Waals surface area contributed by atoms with Crippen molar-refractivity contribution in [2.75, 3.05) is 6.26 Å². The molecule has 0 aliphatic rings. The van der Waals surface area contributed by atoms with E-state index in [1.165, 1.54) is 0 Å². The first-order chi connectivity index (χ1) is 7.22. The predicted octanol–water partition coefficient (Wildman–Crippen LogP) is 3.35. The second-order valence-electron chi connectivity index (χ2n) is 3.07. The highest BCUT2D eigenvalue weighted by molar-refractivity contribution is 8.13. The Labute approximate surface area is 91.5 Å². The van der Waals surface area contributed by atoms with Crippen LogP contribution in [0.4, 0.5) is 0 Å². The number of carbonyl (C=O) groups excluding carboxylic acids is 1. The van der Waals surface area contributed by atoms with Gasteiger partial charge in [-0.1, -0.05) is 11.8 Å². The van der Waals surface area contributed by atoms with Gasteiger partial charge in [-0.15, -0.1) is 0 Å². The van der Waals surface area contributed by atoms with Crippen LogP contribution in [0.5, 0.6) is 0 Å². The lowest BCUT2D eigenvalue weighted by Gasteiger charge is -1.95. The van der Waals surface area contributed by atoms with Crippen LogP contribution in [-0.2, 0) is 0 Å². The molecule has 4 heteroatoms. The summed E-state index contributed by atoms with van der Waals surface area (Å²) in [5.41, 5.74) is 0.565. The average Bonchev–Trinajstić information content (AvgIpc) is 2.84. The summed E-state index contributed by atoms with van der Waals surface area (Å²) in [4.78, 5) is 11.6. The molecule has 0 atom stereocenters. The Morgan fingerprint density at radius 2 is 2.27 bits per heavy atom. The van der Waals surface area contributed by atoms with Crippen LogP contribution in [0.15, 0.2) is 33.3 Å². The Balaban J connectivity index is 2.52. The molecule has 0 fully saturated rings. The first-order valence-corrected chi connectivity index (χ1v) is 5.67. The molecule has 0 saturated heterocycles. The smallest absolute Gasteiger partial charge is 0.223 e.